The molecule has 1 amide bonds. The summed E-state index contributed by atoms with van der Waals surface area (Å²) in [5.41, 5.74) is 1.65. The van der Waals surface area contributed by atoms with Gasteiger partial charge in [0, 0.05) is 11.3 Å². The van der Waals surface area contributed by atoms with Crippen molar-refractivity contribution in [2.75, 3.05) is 11.4 Å². The Morgan fingerprint density at radius 2 is 1.67 bits per heavy atom. The molecule has 2 rings (SSSR count). The molecule has 0 aliphatic heterocycles. The lowest BCUT2D eigenvalue weighted by Gasteiger charge is -2.21. The first-order valence-electron chi connectivity index (χ1n) is 6.37. The molecule has 0 saturated heterocycles. The van der Waals surface area contributed by atoms with Gasteiger partial charge in [0.15, 0.2) is 0 Å². The highest BCUT2D eigenvalue weighted by Crippen LogP contribution is 2.21. The predicted octanol–water partition coefficient (Wildman–Crippen LogP) is 2.43. The molecule has 21 heavy (non-hydrogen) atoms. The molecular weight excluding hydrogens is 270 g/mol. The number of carboxylic acid groups (broad SMARTS) is 1. The first-order chi connectivity index (χ1) is 9.99. The summed E-state index contributed by atoms with van der Waals surface area (Å²) in [6, 6.07) is 12.8. The molecule has 5 heteroatoms. The van der Waals surface area contributed by atoms with Gasteiger partial charge in [-0.15, -0.1) is 0 Å². The maximum atomic E-state index is 12.6. The molecule has 0 aromatic heterocycles. The number of nitrogens with zero attached hydrogens (tertiary/aromatic N) is 1. The van der Waals surface area contributed by atoms with Gasteiger partial charge in [-0.2, -0.15) is 0 Å². The van der Waals surface area contributed by atoms with Crippen molar-refractivity contribution in [1.29, 1.82) is 0 Å². The fourth-order valence-electron chi connectivity index (χ4n) is 2.01. The number of hydrogen-bond acceptors (Lipinski definition) is 3. The Kier molecular flexibility index (Phi) is 4.23. The number of aromatic hydroxyl groups is 1. The van der Waals surface area contributed by atoms with Gasteiger partial charge in [-0.05, 0) is 42.8 Å². The molecule has 108 valence electrons. The van der Waals surface area contributed by atoms with E-state index in [0.29, 0.717) is 11.3 Å². The van der Waals surface area contributed by atoms with Crippen LogP contribution in [0.15, 0.2) is 48.5 Å². The minimum absolute atomic E-state index is 0.0531. The van der Waals surface area contributed by atoms with Gasteiger partial charge in [0.05, 0.1) is 0 Å². The second-order valence-corrected chi connectivity index (χ2v) is 4.62. The lowest BCUT2D eigenvalue weighted by atomic mass is 10.1. The first-order valence-corrected chi connectivity index (χ1v) is 6.37. The number of carboxylic acids is 1. The normalized spacial score (nSPS) is 10.1. The maximum absolute atomic E-state index is 12.6. The molecule has 0 bridgehead atoms. The van der Waals surface area contributed by atoms with Crippen LogP contribution in [0.4, 0.5) is 5.69 Å². The number of anilines is 1. The summed E-state index contributed by atoms with van der Waals surface area (Å²) in [6.07, 6.45) is 0. The van der Waals surface area contributed by atoms with E-state index in [9.17, 15) is 14.7 Å². The van der Waals surface area contributed by atoms with Crippen LogP contribution in [0.3, 0.4) is 0 Å². The lowest BCUT2D eigenvalue weighted by molar-refractivity contribution is -0.135. The van der Waals surface area contributed by atoms with E-state index in [-0.39, 0.29) is 11.7 Å². The van der Waals surface area contributed by atoms with Crippen LogP contribution in [0.25, 0.3) is 0 Å². The van der Waals surface area contributed by atoms with Crippen LogP contribution in [0.5, 0.6) is 5.75 Å². The molecule has 0 atom stereocenters. The molecule has 0 heterocycles. The van der Waals surface area contributed by atoms with Crippen LogP contribution in [-0.4, -0.2) is 28.6 Å². The topological polar surface area (TPSA) is 77.8 Å². The smallest absolute Gasteiger partial charge is 0.323 e. The Bertz CT molecular complexity index is 664. The van der Waals surface area contributed by atoms with E-state index in [1.807, 2.05) is 6.07 Å². The lowest BCUT2D eigenvalue weighted by Crippen LogP contribution is -2.36. The summed E-state index contributed by atoms with van der Waals surface area (Å²) in [5, 5.41) is 18.3. The summed E-state index contributed by atoms with van der Waals surface area (Å²) < 4.78 is 0. The summed E-state index contributed by atoms with van der Waals surface area (Å²) in [5.74, 6) is -1.44. The molecule has 0 aliphatic rings. The minimum atomic E-state index is -1.11. The third kappa shape index (κ3) is 3.39. The van der Waals surface area contributed by atoms with Gasteiger partial charge in [-0.3, -0.25) is 14.5 Å². The number of hydrogen-bond donors (Lipinski definition) is 2. The highest BCUT2D eigenvalue weighted by atomic mass is 16.4. The summed E-state index contributed by atoms with van der Waals surface area (Å²) in [4.78, 5) is 24.8. The molecule has 2 N–H and O–H groups in total. The summed E-state index contributed by atoms with van der Waals surface area (Å²) >= 11 is 0. The molecule has 0 radical (unpaired) electrons. The highest BCUT2D eigenvalue weighted by Gasteiger charge is 2.21. The van der Waals surface area contributed by atoms with Crippen molar-refractivity contribution in [2.24, 2.45) is 0 Å². The number of phenols is 1. The number of aliphatic carboxylic acids is 1. The molecule has 2 aromatic carbocycles. The molecule has 0 spiro atoms. The highest BCUT2D eigenvalue weighted by molar-refractivity contribution is 6.09. The van der Waals surface area contributed by atoms with Gasteiger partial charge in [-0.1, -0.05) is 18.2 Å². The fourth-order valence-corrected chi connectivity index (χ4v) is 2.01. The number of carbonyl (C=O) groups excluding carboxylic acids is 1. The van der Waals surface area contributed by atoms with Crippen molar-refractivity contribution in [1.82, 2.24) is 0 Å². The van der Waals surface area contributed by atoms with E-state index in [1.165, 1.54) is 29.2 Å². The SMILES string of the molecule is Cc1ccccc1C(=O)N(CC(=O)O)c1ccc(O)cc1. The molecule has 2 aromatic rings. The number of benzene rings is 2. The Hall–Kier alpha value is -2.82. The van der Waals surface area contributed by atoms with Crippen molar-refractivity contribution < 1.29 is 19.8 Å². The largest absolute Gasteiger partial charge is 0.508 e. The van der Waals surface area contributed by atoms with E-state index < -0.39 is 12.5 Å². The van der Waals surface area contributed by atoms with Gasteiger partial charge >= 0.3 is 5.97 Å². The van der Waals surface area contributed by atoms with Crippen molar-refractivity contribution in [3.8, 4) is 5.75 Å². The molecule has 5 nitrogen and oxygen atoms in total. The molecule has 0 fully saturated rings. The standard InChI is InChI=1S/C16H15NO4/c1-11-4-2-3-5-14(11)16(21)17(10-15(19)20)12-6-8-13(18)9-7-12/h2-9,18H,10H2,1H3,(H,19,20). The summed E-state index contributed by atoms with van der Waals surface area (Å²) in [6.45, 7) is 1.35. The average Bonchev–Trinajstić information content (AvgIpc) is 2.45. The number of phenolic OH excluding ortho intramolecular Hbond substituents is 1. The first kappa shape index (κ1) is 14.6. The molecular formula is C16H15NO4. The Balaban J connectivity index is 2.40. The quantitative estimate of drug-likeness (QED) is 0.904. The van der Waals surface area contributed by atoms with E-state index in [2.05, 4.69) is 0 Å². The van der Waals surface area contributed by atoms with Crippen molar-refractivity contribution in [3.05, 3.63) is 59.7 Å². The van der Waals surface area contributed by atoms with Gasteiger partial charge in [0.2, 0.25) is 0 Å². The van der Waals surface area contributed by atoms with Crippen molar-refractivity contribution in [2.45, 2.75) is 6.92 Å². The third-order valence-electron chi connectivity index (χ3n) is 3.08. The monoisotopic (exact) mass is 285 g/mol. The van der Waals surface area contributed by atoms with Crippen molar-refractivity contribution in [3.63, 3.8) is 0 Å². The van der Waals surface area contributed by atoms with E-state index >= 15 is 0 Å². The number of carbonyl (C=O) groups is 2. The van der Waals surface area contributed by atoms with Gasteiger partial charge in [0.25, 0.3) is 5.91 Å². The second-order valence-electron chi connectivity index (χ2n) is 4.62. The van der Waals surface area contributed by atoms with Crippen LogP contribution in [0, 0.1) is 6.92 Å². The third-order valence-corrected chi connectivity index (χ3v) is 3.08. The van der Waals surface area contributed by atoms with Gasteiger partial charge in [-0.25, -0.2) is 0 Å². The number of aryl methyl sites for hydroxylation is 1. The van der Waals surface area contributed by atoms with E-state index in [0.717, 1.165) is 5.56 Å². The second kappa shape index (κ2) is 6.09. The van der Waals surface area contributed by atoms with Crippen LogP contribution >= 0.6 is 0 Å². The zero-order valence-electron chi connectivity index (χ0n) is 11.5. The van der Waals surface area contributed by atoms with Crippen LogP contribution in [-0.2, 0) is 4.79 Å². The Morgan fingerprint density at radius 1 is 1.05 bits per heavy atom. The Labute approximate surface area is 122 Å². The Morgan fingerprint density at radius 3 is 2.24 bits per heavy atom. The predicted molar refractivity (Wildman–Crippen MR) is 78.6 cm³/mol. The minimum Gasteiger partial charge on any atom is -0.508 e. The molecule has 0 aliphatic carbocycles. The fraction of sp³-hybridized carbons (Fsp3) is 0.125. The zero-order chi connectivity index (χ0) is 15.4. The van der Waals surface area contributed by atoms with Crippen LogP contribution < -0.4 is 4.90 Å². The average molecular weight is 285 g/mol. The molecule has 0 unspecified atom stereocenters. The summed E-state index contributed by atoms with van der Waals surface area (Å²) in [7, 11) is 0. The van der Waals surface area contributed by atoms with E-state index in [4.69, 9.17) is 5.11 Å². The van der Waals surface area contributed by atoms with Gasteiger partial charge < -0.3 is 10.2 Å². The van der Waals surface area contributed by atoms with Crippen molar-refractivity contribution >= 4 is 17.6 Å². The number of rotatable bonds is 4. The van der Waals surface area contributed by atoms with Gasteiger partial charge in [0.1, 0.15) is 12.3 Å². The van der Waals surface area contributed by atoms with Crippen LogP contribution in [0.1, 0.15) is 15.9 Å². The zero-order valence-corrected chi connectivity index (χ0v) is 11.5. The van der Waals surface area contributed by atoms with Crippen LogP contribution in [0.2, 0.25) is 0 Å². The number of amides is 1. The van der Waals surface area contributed by atoms with E-state index in [1.54, 1.807) is 25.1 Å². The molecule has 0 saturated carbocycles. The maximum Gasteiger partial charge on any atom is 0.323 e.